The molecule has 32 heavy (non-hydrogen) atoms. The number of aryl methyl sites for hydroxylation is 1. The molecule has 0 bridgehead atoms. The quantitative estimate of drug-likeness (QED) is 0.396. The number of esters is 1. The first-order valence-electron chi connectivity index (χ1n) is 11.1. The molecule has 3 heterocycles. The van der Waals surface area contributed by atoms with E-state index in [1.165, 1.54) is 22.9 Å². The molecule has 4 rings (SSSR count). The van der Waals surface area contributed by atoms with Crippen molar-refractivity contribution in [1.29, 1.82) is 0 Å². The molecule has 1 aromatic carbocycles. The zero-order chi connectivity index (χ0) is 22.5. The topological polar surface area (TPSA) is 64.4 Å². The Balaban J connectivity index is 1.37. The van der Waals surface area contributed by atoms with Crippen molar-refractivity contribution in [2.45, 2.75) is 38.3 Å². The second kappa shape index (κ2) is 10.2. The van der Waals surface area contributed by atoms with Crippen LogP contribution in [-0.2, 0) is 20.9 Å². The van der Waals surface area contributed by atoms with Crippen molar-refractivity contribution < 1.29 is 14.3 Å². The maximum Gasteiger partial charge on any atom is 0.309 e. The summed E-state index contributed by atoms with van der Waals surface area (Å²) in [6.45, 7) is 6.33. The summed E-state index contributed by atoms with van der Waals surface area (Å²) < 4.78 is 7.33. The van der Waals surface area contributed by atoms with Gasteiger partial charge in [0.2, 0.25) is 5.91 Å². The minimum atomic E-state index is -0.139. The lowest BCUT2D eigenvalue weighted by atomic mass is 9.97. The summed E-state index contributed by atoms with van der Waals surface area (Å²) in [7, 11) is 0. The van der Waals surface area contributed by atoms with Gasteiger partial charge in [-0.3, -0.25) is 9.59 Å². The highest BCUT2D eigenvalue weighted by atomic mass is 32.2. The van der Waals surface area contributed by atoms with E-state index in [4.69, 9.17) is 4.74 Å². The number of thioether (sulfide) groups is 1. The molecule has 0 saturated carbocycles. The van der Waals surface area contributed by atoms with Gasteiger partial charge in [-0.15, -0.1) is 0 Å². The average Bonchev–Trinajstić information content (AvgIpc) is 3.21. The number of carbonyl (C=O) groups excluding carboxylic acids is 2. The number of rotatable bonds is 7. The largest absolute Gasteiger partial charge is 0.466 e. The molecule has 0 atom stereocenters. The van der Waals surface area contributed by atoms with Crippen LogP contribution in [0.2, 0.25) is 0 Å². The lowest BCUT2D eigenvalue weighted by Gasteiger charge is -2.30. The van der Waals surface area contributed by atoms with E-state index in [2.05, 4.69) is 53.0 Å². The monoisotopic (exact) mass is 451 g/mol. The average molecular weight is 452 g/mol. The van der Waals surface area contributed by atoms with Gasteiger partial charge < -0.3 is 14.2 Å². The number of nitrogens with zero attached hydrogens (tertiary/aromatic N) is 3. The van der Waals surface area contributed by atoms with E-state index in [0.29, 0.717) is 38.3 Å². The summed E-state index contributed by atoms with van der Waals surface area (Å²) in [4.78, 5) is 31.0. The predicted octanol–water partition coefficient (Wildman–Crippen LogP) is 4.29. The molecule has 1 saturated heterocycles. The Labute approximate surface area is 193 Å². The van der Waals surface area contributed by atoms with Gasteiger partial charge in [-0.05, 0) is 44.4 Å². The number of carbonyl (C=O) groups is 2. The van der Waals surface area contributed by atoms with Crippen LogP contribution in [0.1, 0.15) is 30.9 Å². The normalized spacial score (nSPS) is 14.6. The highest BCUT2D eigenvalue weighted by molar-refractivity contribution is 8.00. The Bertz CT molecular complexity index is 1100. The highest BCUT2D eigenvalue weighted by Crippen LogP contribution is 2.28. The number of fused-ring (bicyclic) bond motifs is 1. The molecule has 0 N–H and O–H groups in total. The van der Waals surface area contributed by atoms with Crippen LogP contribution < -0.4 is 0 Å². The number of pyridine rings is 1. The number of ether oxygens (including phenoxy) is 1. The molecular formula is C25H29N3O3S. The van der Waals surface area contributed by atoms with Gasteiger partial charge in [-0.25, -0.2) is 4.98 Å². The van der Waals surface area contributed by atoms with E-state index in [0.717, 1.165) is 22.5 Å². The van der Waals surface area contributed by atoms with Crippen molar-refractivity contribution in [3.05, 3.63) is 59.9 Å². The Hall–Kier alpha value is -2.80. The minimum absolute atomic E-state index is 0.0877. The molecule has 7 heteroatoms. The lowest BCUT2D eigenvalue weighted by molar-refractivity contribution is -0.151. The fraction of sp³-hybridized carbons (Fsp3) is 0.400. The molecule has 0 spiro atoms. The highest BCUT2D eigenvalue weighted by Gasteiger charge is 2.28. The summed E-state index contributed by atoms with van der Waals surface area (Å²) in [6.07, 6.45) is 5.24. The van der Waals surface area contributed by atoms with Gasteiger partial charge in [0.25, 0.3) is 0 Å². The first kappa shape index (κ1) is 22.4. The van der Waals surface area contributed by atoms with Gasteiger partial charge >= 0.3 is 5.97 Å². The van der Waals surface area contributed by atoms with Gasteiger partial charge in [0.1, 0.15) is 5.03 Å². The van der Waals surface area contributed by atoms with Crippen molar-refractivity contribution in [1.82, 2.24) is 14.5 Å². The van der Waals surface area contributed by atoms with Crippen molar-refractivity contribution in [3.63, 3.8) is 0 Å². The number of amides is 1. The fourth-order valence-corrected chi connectivity index (χ4v) is 5.11. The van der Waals surface area contributed by atoms with Gasteiger partial charge in [0.05, 0.1) is 23.8 Å². The zero-order valence-corrected chi connectivity index (χ0v) is 19.4. The molecule has 6 nitrogen and oxygen atoms in total. The van der Waals surface area contributed by atoms with E-state index in [1.807, 2.05) is 24.1 Å². The molecule has 3 aromatic rings. The molecule has 1 amide bonds. The number of aromatic nitrogens is 2. The van der Waals surface area contributed by atoms with Crippen LogP contribution in [0.5, 0.6) is 0 Å². The summed E-state index contributed by atoms with van der Waals surface area (Å²) in [5.41, 5.74) is 3.63. The number of piperidine rings is 1. The maximum atomic E-state index is 12.7. The smallest absolute Gasteiger partial charge is 0.309 e. The van der Waals surface area contributed by atoms with Gasteiger partial charge in [-0.2, -0.15) is 0 Å². The summed E-state index contributed by atoms with van der Waals surface area (Å²) in [5, 5.41) is 1.94. The number of hydrogen-bond acceptors (Lipinski definition) is 5. The van der Waals surface area contributed by atoms with Crippen molar-refractivity contribution in [3.8, 4) is 0 Å². The Morgan fingerprint density at radius 1 is 1.19 bits per heavy atom. The first-order chi connectivity index (χ1) is 15.5. The van der Waals surface area contributed by atoms with Crippen LogP contribution in [0, 0.1) is 12.8 Å². The summed E-state index contributed by atoms with van der Waals surface area (Å²) in [6, 6.07) is 12.6. The molecule has 0 unspecified atom stereocenters. The zero-order valence-electron chi connectivity index (χ0n) is 18.6. The Morgan fingerprint density at radius 2 is 2.00 bits per heavy atom. The third kappa shape index (κ3) is 5.15. The fourth-order valence-electron chi connectivity index (χ4n) is 4.20. The van der Waals surface area contributed by atoms with E-state index in [-0.39, 0.29) is 17.8 Å². The molecular weight excluding hydrogens is 422 g/mol. The van der Waals surface area contributed by atoms with Crippen molar-refractivity contribution in [2.75, 3.05) is 25.4 Å². The van der Waals surface area contributed by atoms with Crippen LogP contribution in [0.4, 0.5) is 0 Å². The Morgan fingerprint density at radius 3 is 2.75 bits per heavy atom. The van der Waals surface area contributed by atoms with E-state index < -0.39 is 0 Å². The molecule has 168 valence electrons. The standard InChI is InChI=1S/C25H29N3O3S/c1-3-31-25(30)20-8-12-27(13-9-20)23(29)17-32-24-21-10-14-28(22(21)7-11-26-24)16-19-6-4-5-18(2)15-19/h4-7,10-11,14-15,20H,3,8-9,12-13,16-17H2,1-2H3. The van der Waals surface area contributed by atoms with Gasteiger partial charge in [0, 0.05) is 37.4 Å². The van der Waals surface area contributed by atoms with Crippen LogP contribution in [-0.4, -0.2) is 51.8 Å². The second-order valence-corrected chi connectivity index (χ2v) is 9.14. The summed E-state index contributed by atoms with van der Waals surface area (Å²) in [5.74, 6) is 0.213. The summed E-state index contributed by atoms with van der Waals surface area (Å²) >= 11 is 1.48. The second-order valence-electron chi connectivity index (χ2n) is 8.18. The number of benzene rings is 1. The predicted molar refractivity (Wildman–Crippen MR) is 127 cm³/mol. The number of hydrogen-bond donors (Lipinski definition) is 0. The minimum Gasteiger partial charge on any atom is -0.466 e. The van der Waals surface area contributed by atoms with Crippen molar-refractivity contribution >= 4 is 34.5 Å². The molecule has 0 radical (unpaired) electrons. The first-order valence-corrected chi connectivity index (χ1v) is 12.1. The van der Waals surface area contributed by atoms with Crippen LogP contribution in [0.15, 0.2) is 53.8 Å². The van der Waals surface area contributed by atoms with E-state index >= 15 is 0 Å². The third-order valence-corrected chi connectivity index (χ3v) is 6.89. The molecule has 1 fully saturated rings. The maximum absolute atomic E-state index is 12.7. The third-order valence-electron chi connectivity index (χ3n) is 5.90. The molecule has 1 aliphatic rings. The molecule has 2 aromatic heterocycles. The molecule has 1 aliphatic heterocycles. The Kier molecular flexibility index (Phi) is 7.15. The van der Waals surface area contributed by atoms with E-state index in [9.17, 15) is 9.59 Å². The van der Waals surface area contributed by atoms with Gasteiger partial charge in [0.15, 0.2) is 0 Å². The van der Waals surface area contributed by atoms with Crippen molar-refractivity contribution in [2.24, 2.45) is 5.92 Å². The van der Waals surface area contributed by atoms with Gasteiger partial charge in [-0.1, -0.05) is 41.6 Å². The SMILES string of the molecule is CCOC(=O)C1CCN(C(=O)CSc2nccc3c2ccn3Cc2cccc(C)c2)CC1. The number of likely N-dealkylation sites (tertiary alicyclic amines) is 1. The van der Waals surface area contributed by atoms with E-state index in [1.54, 1.807) is 0 Å². The molecule has 0 aliphatic carbocycles. The lowest BCUT2D eigenvalue weighted by Crippen LogP contribution is -2.41. The van der Waals surface area contributed by atoms with Crippen LogP contribution in [0.25, 0.3) is 10.9 Å². The van der Waals surface area contributed by atoms with Crippen LogP contribution in [0.3, 0.4) is 0 Å². The van der Waals surface area contributed by atoms with Crippen LogP contribution >= 0.6 is 11.8 Å².